The Kier molecular flexibility index (Phi) is 3.97. The van der Waals surface area contributed by atoms with Crippen LogP contribution in [-0.2, 0) is 4.79 Å². The molecule has 1 unspecified atom stereocenters. The Morgan fingerprint density at radius 1 is 1.78 bits per heavy atom. The van der Waals surface area contributed by atoms with Gasteiger partial charge in [-0.05, 0) is 26.3 Å². The SMILES string of the molecule is CC(=O)/C=C/CC(C)O. The van der Waals surface area contributed by atoms with Crippen LogP contribution in [0.1, 0.15) is 20.3 Å². The van der Waals surface area contributed by atoms with Gasteiger partial charge in [-0.1, -0.05) is 6.08 Å². The lowest BCUT2D eigenvalue weighted by molar-refractivity contribution is -0.112. The Bertz CT molecular complexity index is 114. The summed E-state index contributed by atoms with van der Waals surface area (Å²) in [6.07, 6.45) is 3.35. The minimum Gasteiger partial charge on any atom is -0.393 e. The largest absolute Gasteiger partial charge is 0.393 e. The highest BCUT2D eigenvalue weighted by Crippen LogP contribution is 1.90. The van der Waals surface area contributed by atoms with Gasteiger partial charge in [-0.15, -0.1) is 0 Å². The molecule has 52 valence electrons. The maximum absolute atomic E-state index is 10.3. The van der Waals surface area contributed by atoms with Crippen LogP contribution in [0.25, 0.3) is 0 Å². The molecule has 0 heterocycles. The van der Waals surface area contributed by atoms with Gasteiger partial charge < -0.3 is 5.11 Å². The van der Waals surface area contributed by atoms with Crippen LogP contribution in [0, 0.1) is 0 Å². The molecule has 0 aliphatic heterocycles. The molecule has 0 amide bonds. The second-order valence-corrected chi connectivity index (χ2v) is 2.10. The van der Waals surface area contributed by atoms with Crippen molar-refractivity contribution >= 4 is 5.78 Å². The average molecular weight is 128 g/mol. The summed E-state index contributed by atoms with van der Waals surface area (Å²) in [5, 5.41) is 8.70. The Hall–Kier alpha value is -0.630. The average Bonchev–Trinajstić information content (AvgIpc) is 1.63. The summed E-state index contributed by atoms with van der Waals surface area (Å²) in [4.78, 5) is 10.3. The monoisotopic (exact) mass is 128 g/mol. The summed E-state index contributed by atoms with van der Waals surface area (Å²) in [6.45, 7) is 3.17. The molecule has 0 aliphatic rings. The van der Waals surface area contributed by atoms with E-state index in [1.807, 2.05) is 0 Å². The zero-order valence-electron chi connectivity index (χ0n) is 5.79. The van der Waals surface area contributed by atoms with Crippen LogP contribution in [0.2, 0.25) is 0 Å². The first-order valence-electron chi connectivity index (χ1n) is 2.98. The summed E-state index contributed by atoms with van der Waals surface area (Å²) in [5.41, 5.74) is 0. The van der Waals surface area contributed by atoms with Gasteiger partial charge in [-0.3, -0.25) is 4.79 Å². The number of aliphatic hydroxyl groups is 1. The second-order valence-electron chi connectivity index (χ2n) is 2.10. The summed E-state index contributed by atoms with van der Waals surface area (Å²) < 4.78 is 0. The molecule has 0 rings (SSSR count). The van der Waals surface area contributed by atoms with E-state index < -0.39 is 0 Å². The molecule has 9 heavy (non-hydrogen) atoms. The van der Waals surface area contributed by atoms with Crippen molar-refractivity contribution in [2.75, 3.05) is 0 Å². The Labute approximate surface area is 55.2 Å². The molecule has 1 N–H and O–H groups in total. The zero-order chi connectivity index (χ0) is 7.28. The molecule has 0 aromatic heterocycles. The van der Waals surface area contributed by atoms with Crippen molar-refractivity contribution in [2.45, 2.75) is 26.4 Å². The molecular formula is C7H12O2. The van der Waals surface area contributed by atoms with Crippen molar-refractivity contribution in [1.82, 2.24) is 0 Å². The van der Waals surface area contributed by atoms with E-state index in [9.17, 15) is 4.79 Å². The van der Waals surface area contributed by atoms with Crippen LogP contribution in [-0.4, -0.2) is 17.0 Å². The highest BCUT2D eigenvalue weighted by Gasteiger charge is 1.88. The van der Waals surface area contributed by atoms with E-state index >= 15 is 0 Å². The highest BCUT2D eigenvalue weighted by molar-refractivity contribution is 5.87. The molecular weight excluding hydrogens is 116 g/mol. The zero-order valence-corrected chi connectivity index (χ0v) is 5.79. The van der Waals surface area contributed by atoms with Crippen LogP contribution < -0.4 is 0 Å². The lowest BCUT2D eigenvalue weighted by Crippen LogP contribution is -1.95. The van der Waals surface area contributed by atoms with Crippen molar-refractivity contribution in [1.29, 1.82) is 0 Å². The molecule has 1 atom stereocenters. The molecule has 0 saturated carbocycles. The van der Waals surface area contributed by atoms with E-state index in [2.05, 4.69) is 0 Å². The lowest BCUT2D eigenvalue weighted by Gasteiger charge is -1.94. The number of hydrogen-bond donors (Lipinski definition) is 1. The second kappa shape index (κ2) is 4.27. The fraction of sp³-hybridized carbons (Fsp3) is 0.571. The van der Waals surface area contributed by atoms with E-state index in [-0.39, 0.29) is 11.9 Å². The summed E-state index contributed by atoms with van der Waals surface area (Å²) in [5.74, 6) is 0.0238. The minimum absolute atomic E-state index is 0.0238. The third kappa shape index (κ3) is 7.37. The standard InChI is InChI=1S/C7H12O2/c1-6(8)4-3-5-7(2)9/h3-4,7,9H,5H2,1-2H3/b4-3+. The van der Waals surface area contributed by atoms with Crippen molar-refractivity contribution in [3.05, 3.63) is 12.2 Å². The molecule has 0 aliphatic carbocycles. The molecule has 0 aromatic rings. The van der Waals surface area contributed by atoms with Gasteiger partial charge >= 0.3 is 0 Å². The van der Waals surface area contributed by atoms with Gasteiger partial charge in [0, 0.05) is 0 Å². The van der Waals surface area contributed by atoms with Gasteiger partial charge in [0.25, 0.3) is 0 Å². The number of hydrogen-bond acceptors (Lipinski definition) is 2. The normalized spacial score (nSPS) is 14.1. The maximum atomic E-state index is 10.3. The summed E-state index contributed by atoms with van der Waals surface area (Å²) >= 11 is 0. The minimum atomic E-state index is -0.347. The molecule has 0 bridgehead atoms. The third-order valence-electron chi connectivity index (χ3n) is 0.830. The van der Waals surface area contributed by atoms with Crippen LogP contribution in [0.4, 0.5) is 0 Å². The molecule has 0 fully saturated rings. The highest BCUT2D eigenvalue weighted by atomic mass is 16.3. The van der Waals surface area contributed by atoms with E-state index in [1.165, 1.54) is 13.0 Å². The van der Waals surface area contributed by atoms with Crippen LogP contribution in [0.15, 0.2) is 12.2 Å². The van der Waals surface area contributed by atoms with Gasteiger partial charge in [-0.25, -0.2) is 0 Å². The first kappa shape index (κ1) is 8.37. The molecule has 0 aromatic carbocycles. The third-order valence-corrected chi connectivity index (χ3v) is 0.830. The predicted octanol–water partition coefficient (Wildman–Crippen LogP) is 0.902. The fourth-order valence-electron chi connectivity index (χ4n) is 0.431. The van der Waals surface area contributed by atoms with E-state index in [4.69, 9.17) is 5.11 Å². The van der Waals surface area contributed by atoms with Crippen molar-refractivity contribution in [2.24, 2.45) is 0 Å². The van der Waals surface area contributed by atoms with Gasteiger partial charge in [0.1, 0.15) is 0 Å². The van der Waals surface area contributed by atoms with Crippen LogP contribution in [0.5, 0.6) is 0 Å². The summed E-state index contributed by atoms with van der Waals surface area (Å²) in [7, 11) is 0. The quantitative estimate of drug-likeness (QED) is 0.573. The van der Waals surface area contributed by atoms with Crippen molar-refractivity contribution in [3.8, 4) is 0 Å². The van der Waals surface area contributed by atoms with Gasteiger partial charge in [0.2, 0.25) is 0 Å². The van der Waals surface area contributed by atoms with Crippen LogP contribution >= 0.6 is 0 Å². The smallest absolute Gasteiger partial charge is 0.152 e. The number of ketones is 1. The number of aliphatic hydroxyl groups excluding tert-OH is 1. The van der Waals surface area contributed by atoms with E-state index in [0.717, 1.165) is 0 Å². The van der Waals surface area contributed by atoms with Crippen molar-refractivity contribution in [3.63, 3.8) is 0 Å². The Balaban J connectivity index is 3.36. The lowest BCUT2D eigenvalue weighted by atomic mass is 10.2. The van der Waals surface area contributed by atoms with E-state index in [0.29, 0.717) is 6.42 Å². The molecule has 0 spiro atoms. The number of rotatable bonds is 3. The van der Waals surface area contributed by atoms with Gasteiger partial charge in [0.15, 0.2) is 5.78 Å². The number of allylic oxidation sites excluding steroid dienone is 1. The van der Waals surface area contributed by atoms with Crippen LogP contribution in [0.3, 0.4) is 0 Å². The number of carbonyl (C=O) groups is 1. The fourth-order valence-corrected chi connectivity index (χ4v) is 0.431. The predicted molar refractivity (Wildman–Crippen MR) is 36.1 cm³/mol. The van der Waals surface area contributed by atoms with Crippen molar-refractivity contribution < 1.29 is 9.90 Å². The van der Waals surface area contributed by atoms with Gasteiger partial charge in [0.05, 0.1) is 6.10 Å². The number of carbonyl (C=O) groups excluding carboxylic acids is 1. The van der Waals surface area contributed by atoms with Gasteiger partial charge in [-0.2, -0.15) is 0 Å². The Morgan fingerprint density at radius 2 is 2.33 bits per heavy atom. The molecule has 0 saturated heterocycles. The topological polar surface area (TPSA) is 37.3 Å². The van der Waals surface area contributed by atoms with E-state index in [1.54, 1.807) is 13.0 Å². The molecule has 0 radical (unpaired) electrons. The Morgan fingerprint density at radius 3 is 2.67 bits per heavy atom. The first-order chi connectivity index (χ1) is 4.13. The summed E-state index contributed by atoms with van der Waals surface area (Å²) in [6, 6.07) is 0. The maximum Gasteiger partial charge on any atom is 0.152 e. The molecule has 2 heteroatoms. The first-order valence-corrected chi connectivity index (χ1v) is 2.98. The molecule has 2 nitrogen and oxygen atoms in total.